The van der Waals surface area contributed by atoms with Crippen LogP contribution in [0.4, 0.5) is 0 Å². The second-order valence-electron chi connectivity index (χ2n) is 4.96. The SMILES string of the molecule is CCNC(c1ccc(C(C)C)cc1)c1ccoc1Br. The van der Waals surface area contributed by atoms with Gasteiger partial charge in [0, 0.05) is 5.56 Å². The lowest BCUT2D eigenvalue weighted by Crippen LogP contribution is -2.21. The minimum absolute atomic E-state index is 0.166. The zero-order valence-electron chi connectivity index (χ0n) is 11.6. The van der Waals surface area contributed by atoms with Gasteiger partial charge in [-0.2, -0.15) is 0 Å². The van der Waals surface area contributed by atoms with Crippen molar-refractivity contribution in [1.82, 2.24) is 5.32 Å². The number of rotatable bonds is 5. The van der Waals surface area contributed by atoms with Gasteiger partial charge in [-0.1, -0.05) is 45.0 Å². The Morgan fingerprint density at radius 1 is 1.11 bits per heavy atom. The molecule has 0 aliphatic carbocycles. The van der Waals surface area contributed by atoms with E-state index >= 15 is 0 Å². The Labute approximate surface area is 123 Å². The molecule has 0 amide bonds. The van der Waals surface area contributed by atoms with Crippen LogP contribution < -0.4 is 5.32 Å². The molecule has 0 radical (unpaired) electrons. The number of halogens is 1. The average molecular weight is 322 g/mol. The molecular formula is C16H20BrNO. The Kier molecular flexibility index (Phi) is 4.83. The largest absolute Gasteiger partial charge is 0.457 e. The van der Waals surface area contributed by atoms with E-state index in [2.05, 4.69) is 66.3 Å². The van der Waals surface area contributed by atoms with E-state index in [1.54, 1.807) is 6.26 Å². The lowest BCUT2D eigenvalue weighted by Gasteiger charge is -2.18. The molecule has 3 heteroatoms. The van der Waals surface area contributed by atoms with Gasteiger partial charge in [0.1, 0.15) is 0 Å². The molecule has 1 aromatic heterocycles. The molecule has 1 N–H and O–H groups in total. The normalized spacial score (nSPS) is 12.9. The summed E-state index contributed by atoms with van der Waals surface area (Å²) in [5.41, 5.74) is 3.76. The first-order valence-corrected chi connectivity index (χ1v) is 7.49. The summed E-state index contributed by atoms with van der Waals surface area (Å²) in [4.78, 5) is 0. The van der Waals surface area contributed by atoms with Crippen LogP contribution in [0.2, 0.25) is 0 Å². The molecule has 2 rings (SSSR count). The highest BCUT2D eigenvalue weighted by atomic mass is 79.9. The smallest absolute Gasteiger partial charge is 0.174 e. The van der Waals surface area contributed by atoms with Gasteiger partial charge < -0.3 is 9.73 Å². The van der Waals surface area contributed by atoms with Crippen molar-refractivity contribution in [3.05, 3.63) is 58.0 Å². The molecule has 2 aromatic rings. The number of benzene rings is 1. The van der Waals surface area contributed by atoms with Crippen LogP contribution in [0.25, 0.3) is 0 Å². The van der Waals surface area contributed by atoms with Crippen LogP contribution in [-0.2, 0) is 0 Å². The van der Waals surface area contributed by atoms with Crippen LogP contribution in [0.15, 0.2) is 45.7 Å². The zero-order valence-corrected chi connectivity index (χ0v) is 13.2. The van der Waals surface area contributed by atoms with E-state index in [-0.39, 0.29) is 6.04 Å². The van der Waals surface area contributed by atoms with Crippen molar-refractivity contribution in [3.63, 3.8) is 0 Å². The van der Waals surface area contributed by atoms with Gasteiger partial charge in [0.15, 0.2) is 4.67 Å². The molecule has 0 saturated heterocycles. The summed E-state index contributed by atoms with van der Waals surface area (Å²) in [5.74, 6) is 0.562. The maximum Gasteiger partial charge on any atom is 0.174 e. The van der Waals surface area contributed by atoms with E-state index in [4.69, 9.17) is 4.42 Å². The standard InChI is InChI=1S/C16H20BrNO/c1-4-18-15(14-9-10-19-16(14)17)13-7-5-12(6-8-13)11(2)3/h5-11,15,18H,4H2,1-3H3. The summed E-state index contributed by atoms with van der Waals surface area (Å²) in [6.07, 6.45) is 1.71. The molecule has 1 unspecified atom stereocenters. The molecule has 0 aliphatic heterocycles. The molecule has 1 aromatic carbocycles. The molecule has 1 heterocycles. The van der Waals surface area contributed by atoms with Crippen LogP contribution >= 0.6 is 15.9 Å². The van der Waals surface area contributed by atoms with E-state index < -0.39 is 0 Å². The van der Waals surface area contributed by atoms with E-state index in [0.29, 0.717) is 5.92 Å². The second kappa shape index (κ2) is 6.40. The molecule has 0 bridgehead atoms. The van der Waals surface area contributed by atoms with Gasteiger partial charge in [0.2, 0.25) is 0 Å². The number of furan rings is 1. The number of hydrogen-bond donors (Lipinski definition) is 1. The van der Waals surface area contributed by atoms with Gasteiger partial charge in [-0.25, -0.2) is 0 Å². The molecule has 0 aliphatic rings. The molecule has 19 heavy (non-hydrogen) atoms. The van der Waals surface area contributed by atoms with Gasteiger partial charge in [0.05, 0.1) is 12.3 Å². The minimum atomic E-state index is 0.166. The summed E-state index contributed by atoms with van der Waals surface area (Å²) >= 11 is 3.47. The van der Waals surface area contributed by atoms with Crippen molar-refractivity contribution >= 4 is 15.9 Å². The van der Waals surface area contributed by atoms with Crippen LogP contribution in [0, 0.1) is 0 Å². The van der Waals surface area contributed by atoms with Crippen molar-refractivity contribution in [3.8, 4) is 0 Å². The summed E-state index contributed by atoms with van der Waals surface area (Å²) < 4.78 is 6.15. The third-order valence-corrected chi connectivity index (χ3v) is 3.95. The predicted molar refractivity (Wildman–Crippen MR) is 82.5 cm³/mol. The van der Waals surface area contributed by atoms with Crippen molar-refractivity contribution in [2.24, 2.45) is 0 Å². The highest BCUT2D eigenvalue weighted by Gasteiger charge is 2.17. The molecule has 2 nitrogen and oxygen atoms in total. The quantitative estimate of drug-likeness (QED) is 0.850. The van der Waals surface area contributed by atoms with Gasteiger partial charge in [0.25, 0.3) is 0 Å². The van der Waals surface area contributed by atoms with Crippen molar-refractivity contribution in [2.75, 3.05) is 6.54 Å². The molecule has 0 spiro atoms. The Balaban J connectivity index is 2.31. The lowest BCUT2D eigenvalue weighted by atomic mass is 9.96. The van der Waals surface area contributed by atoms with E-state index in [1.807, 2.05) is 6.07 Å². The number of hydrogen-bond acceptors (Lipinski definition) is 2. The first kappa shape index (κ1) is 14.4. The minimum Gasteiger partial charge on any atom is -0.457 e. The van der Waals surface area contributed by atoms with Crippen LogP contribution in [0.5, 0.6) is 0 Å². The van der Waals surface area contributed by atoms with Crippen molar-refractivity contribution in [1.29, 1.82) is 0 Å². The van der Waals surface area contributed by atoms with Gasteiger partial charge >= 0.3 is 0 Å². The summed E-state index contributed by atoms with van der Waals surface area (Å²) in [5, 5.41) is 3.50. The second-order valence-corrected chi connectivity index (χ2v) is 5.68. The summed E-state index contributed by atoms with van der Waals surface area (Å²) in [6.45, 7) is 7.45. The Morgan fingerprint density at radius 2 is 1.74 bits per heavy atom. The first-order valence-electron chi connectivity index (χ1n) is 6.69. The summed E-state index contributed by atoms with van der Waals surface area (Å²) in [6, 6.07) is 11.0. The lowest BCUT2D eigenvalue weighted by molar-refractivity contribution is 0.526. The molecule has 0 fully saturated rings. The molecule has 0 saturated carbocycles. The number of nitrogens with one attached hydrogen (secondary N) is 1. The van der Waals surface area contributed by atoms with E-state index in [1.165, 1.54) is 11.1 Å². The van der Waals surface area contributed by atoms with Crippen LogP contribution in [-0.4, -0.2) is 6.54 Å². The van der Waals surface area contributed by atoms with Crippen LogP contribution in [0.1, 0.15) is 49.4 Å². The third-order valence-electron chi connectivity index (χ3n) is 3.30. The van der Waals surface area contributed by atoms with E-state index in [0.717, 1.165) is 16.8 Å². The highest BCUT2D eigenvalue weighted by Crippen LogP contribution is 2.30. The van der Waals surface area contributed by atoms with Gasteiger partial charge in [-0.05, 0) is 45.6 Å². The Bertz CT molecular complexity index is 516. The molecule has 1 atom stereocenters. The predicted octanol–water partition coefficient (Wildman–Crippen LogP) is 4.86. The van der Waals surface area contributed by atoms with Gasteiger partial charge in [-0.3, -0.25) is 0 Å². The Morgan fingerprint density at radius 3 is 2.21 bits per heavy atom. The van der Waals surface area contributed by atoms with Crippen molar-refractivity contribution in [2.45, 2.75) is 32.7 Å². The van der Waals surface area contributed by atoms with Crippen LogP contribution in [0.3, 0.4) is 0 Å². The maximum atomic E-state index is 5.35. The monoisotopic (exact) mass is 321 g/mol. The maximum absolute atomic E-state index is 5.35. The molecule has 102 valence electrons. The fourth-order valence-electron chi connectivity index (χ4n) is 2.20. The average Bonchev–Trinajstić information content (AvgIpc) is 2.82. The zero-order chi connectivity index (χ0) is 13.8. The highest BCUT2D eigenvalue weighted by molar-refractivity contribution is 9.10. The third kappa shape index (κ3) is 3.28. The topological polar surface area (TPSA) is 25.2 Å². The summed E-state index contributed by atoms with van der Waals surface area (Å²) in [7, 11) is 0. The Hall–Kier alpha value is -1.06. The van der Waals surface area contributed by atoms with Crippen molar-refractivity contribution < 1.29 is 4.42 Å². The fraction of sp³-hybridized carbons (Fsp3) is 0.375. The molecular weight excluding hydrogens is 302 g/mol. The first-order chi connectivity index (χ1) is 9.13. The van der Waals surface area contributed by atoms with Gasteiger partial charge in [-0.15, -0.1) is 0 Å². The van der Waals surface area contributed by atoms with E-state index in [9.17, 15) is 0 Å². The fourth-order valence-corrected chi connectivity index (χ4v) is 2.66.